The van der Waals surface area contributed by atoms with Crippen LogP contribution < -0.4 is 29.6 Å². The molecule has 0 unspecified atom stereocenters. The van der Waals surface area contributed by atoms with Crippen LogP contribution in [0.1, 0.15) is 21.7 Å². The zero-order valence-electron chi connectivity index (χ0n) is 14.2. The summed E-state index contributed by atoms with van der Waals surface area (Å²) in [5.41, 5.74) is 0.315. The van der Waals surface area contributed by atoms with Crippen LogP contribution in [0.15, 0.2) is 11.3 Å². The molecule has 120 valence electrons. The molecule has 0 spiro atoms. The van der Waals surface area contributed by atoms with Gasteiger partial charge in [0, 0.05) is 26.3 Å². The minimum Gasteiger partial charge on any atom is -1.00 e. The number of esters is 1. The van der Waals surface area contributed by atoms with E-state index in [0.717, 1.165) is 0 Å². The zero-order chi connectivity index (χ0) is 16.2. The Morgan fingerprint density at radius 3 is 2.52 bits per heavy atom. The van der Waals surface area contributed by atoms with Gasteiger partial charge in [0.1, 0.15) is 18.3 Å². The molecule has 3 aliphatic heterocycles. The van der Waals surface area contributed by atoms with Gasteiger partial charge >= 0.3 is 41.5 Å². The Morgan fingerprint density at radius 2 is 2.00 bits per heavy atom. The van der Waals surface area contributed by atoms with E-state index in [1.807, 2.05) is 0 Å². The molecular formula is C14H17N2NaO6. The third kappa shape index (κ3) is 2.68. The Labute approximate surface area is 156 Å². The maximum Gasteiger partial charge on any atom is 1.00 e. The van der Waals surface area contributed by atoms with Crippen molar-refractivity contribution in [3.63, 3.8) is 0 Å². The Balaban J connectivity index is 0.00000144. The van der Waals surface area contributed by atoms with Crippen LogP contribution in [0.5, 0.6) is 0 Å². The Hall–Kier alpha value is -1.38. The second-order valence-corrected chi connectivity index (χ2v) is 5.82. The van der Waals surface area contributed by atoms with E-state index in [-0.39, 0.29) is 67.1 Å². The van der Waals surface area contributed by atoms with Gasteiger partial charge in [-0.15, -0.1) is 0 Å². The van der Waals surface area contributed by atoms with Crippen LogP contribution in [0.2, 0.25) is 0 Å². The van der Waals surface area contributed by atoms with Gasteiger partial charge in [0.25, 0.3) is 5.91 Å². The second kappa shape index (κ2) is 6.26. The molecule has 0 saturated carbocycles. The molecule has 2 saturated heterocycles. The van der Waals surface area contributed by atoms with Crippen molar-refractivity contribution < 1.29 is 60.0 Å². The van der Waals surface area contributed by atoms with Crippen molar-refractivity contribution in [3.05, 3.63) is 11.3 Å². The number of carboxylic acid groups (broad SMARTS) is 1. The average Bonchev–Trinajstić information content (AvgIpc) is 2.79. The largest absolute Gasteiger partial charge is 1.00 e. The standard InChI is InChI=1S/C14H16N2O6.Na.H/c1-6(17)15-4-8-3-9(5-22-7(2)18)11(14(20)21)16-10(8)12(15)13(16)19;;/h8,10,12H,3-5H2,1-2H3,(H,20,21);;/q;+1;-1/t8-,10-,12+;;/m1../s1. The fourth-order valence-corrected chi connectivity index (χ4v) is 3.68. The van der Waals surface area contributed by atoms with E-state index in [1.165, 1.54) is 23.6 Å². The minimum atomic E-state index is -1.21. The molecular weight excluding hydrogens is 315 g/mol. The first-order chi connectivity index (χ1) is 10.3. The van der Waals surface area contributed by atoms with E-state index in [9.17, 15) is 24.3 Å². The van der Waals surface area contributed by atoms with Gasteiger partial charge in [0.15, 0.2) is 0 Å². The van der Waals surface area contributed by atoms with Crippen LogP contribution in [0, 0.1) is 5.92 Å². The topological polar surface area (TPSA) is 104 Å². The van der Waals surface area contributed by atoms with Crippen LogP contribution in [-0.4, -0.2) is 63.9 Å². The monoisotopic (exact) mass is 332 g/mol. The van der Waals surface area contributed by atoms with Gasteiger partial charge in [0.05, 0.1) is 6.04 Å². The molecule has 8 nitrogen and oxygen atoms in total. The van der Waals surface area contributed by atoms with Gasteiger partial charge in [-0.2, -0.15) is 0 Å². The van der Waals surface area contributed by atoms with E-state index >= 15 is 0 Å². The molecule has 0 aliphatic carbocycles. The molecule has 3 heterocycles. The number of carboxylic acids is 1. The molecule has 0 aromatic rings. The van der Waals surface area contributed by atoms with E-state index in [4.69, 9.17) is 4.74 Å². The number of nitrogens with zero attached hydrogens (tertiary/aromatic N) is 2. The summed E-state index contributed by atoms with van der Waals surface area (Å²) in [6.45, 7) is 2.92. The maximum absolute atomic E-state index is 12.3. The van der Waals surface area contributed by atoms with Crippen molar-refractivity contribution in [2.75, 3.05) is 13.2 Å². The van der Waals surface area contributed by atoms with Crippen molar-refractivity contribution in [1.82, 2.24) is 9.80 Å². The Bertz CT molecular complexity index is 637. The first-order valence-corrected chi connectivity index (χ1v) is 7.02. The van der Waals surface area contributed by atoms with Crippen molar-refractivity contribution in [2.24, 2.45) is 5.92 Å². The van der Waals surface area contributed by atoms with Crippen molar-refractivity contribution in [3.8, 4) is 0 Å². The summed E-state index contributed by atoms with van der Waals surface area (Å²) in [4.78, 5) is 49.2. The molecule has 3 aliphatic rings. The van der Waals surface area contributed by atoms with E-state index < -0.39 is 18.0 Å². The summed E-state index contributed by atoms with van der Waals surface area (Å²) < 4.78 is 4.91. The Morgan fingerprint density at radius 1 is 1.35 bits per heavy atom. The smallest absolute Gasteiger partial charge is 1.00 e. The third-order valence-electron chi connectivity index (χ3n) is 4.50. The molecule has 2 fully saturated rings. The number of aliphatic carboxylic acids is 1. The average molecular weight is 332 g/mol. The summed E-state index contributed by atoms with van der Waals surface area (Å²) in [6.07, 6.45) is 0.406. The predicted octanol–water partition coefficient (Wildman–Crippen LogP) is -3.53. The number of likely N-dealkylation sites (tertiary alicyclic amines) is 1. The third-order valence-corrected chi connectivity index (χ3v) is 4.50. The van der Waals surface area contributed by atoms with Gasteiger partial charge in [-0.3, -0.25) is 19.3 Å². The van der Waals surface area contributed by atoms with Crippen LogP contribution in [0.3, 0.4) is 0 Å². The number of rotatable bonds is 3. The van der Waals surface area contributed by atoms with Crippen molar-refractivity contribution >= 4 is 23.8 Å². The number of ether oxygens (including phenoxy) is 1. The van der Waals surface area contributed by atoms with Gasteiger partial charge in [-0.1, -0.05) is 0 Å². The van der Waals surface area contributed by atoms with Gasteiger partial charge in [-0.05, 0) is 12.0 Å². The van der Waals surface area contributed by atoms with Crippen LogP contribution in [-0.2, 0) is 23.9 Å². The fourth-order valence-electron chi connectivity index (χ4n) is 3.68. The molecule has 23 heavy (non-hydrogen) atoms. The van der Waals surface area contributed by atoms with Crippen molar-refractivity contribution in [2.45, 2.75) is 32.4 Å². The SMILES string of the molecule is CC(=O)OCC1=C(C(=O)O)N2C(=O)[C@@H]3[C@H]2[C@H](C1)CN3C(C)=O.[H-].[Na+]. The summed E-state index contributed by atoms with van der Waals surface area (Å²) in [5, 5.41) is 9.41. The van der Waals surface area contributed by atoms with Gasteiger partial charge in [0.2, 0.25) is 5.91 Å². The molecule has 1 N–H and O–H groups in total. The summed E-state index contributed by atoms with van der Waals surface area (Å²) in [6, 6.07) is -0.823. The first kappa shape index (κ1) is 18.0. The number of carbonyl (C=O) groups is 4. The number of amides is 2. The summed E-state index contributed by atoms with van der Waals surface area (Å²) in [5.74, 6) is -2.30. The molecule has 0 aromatic heterocycles. The predicted molar refractivity (Wildman–Crippen MR) is 72.3 cm³/mol. The van der Waals surface area contributed by atoms with Crippen LogP contribution >= 0.6 is 0 Å². The van der Waals surface area contributed by atoms with Gasteiger partial charge in [-0.25, -0.2) is 4.79 Å². The number of carbonyl (C=O) groups excluding carboxylic acids is 3. The molecule has 0 aromatic carbocycles. The normalized spacial score (nSPS) is 27.9. The summed E-state index contributed by atoms with van der Waals surface area (Å²) >= 11 is 0. The molecule has 0 radical (unpaired) electrons. The fraction of sp³-hybridized carbons (Fsp3) is 0.571. The molecule has 2 amide bonds. The molecule has 9 heteroatoms. The van der Waals surface area contributed by atoms with Crippen LogP contribution in [0.4, 0.5) is 0 Å². The zero-order valence-corrected chi connectivity index (χ0v) is 15.2. The minimum absolute atomic E-state index is 0. The maximum atomic E-state index is 12.3. The first-order valence-electron chi connectivity index (χ1n) is 7.02. The number of hydrogen-bond acceptors (Lipinski definition) is 5. The number of hydrogen-bond donors (Lipinski definition) is 1. The molecule has 3 atom stereocenters. The van der Waals surface area contributed by atoms with E-state index in [2.05, 4.69) is 0 Å². The Kier molecular flexibility index (Phi) is 4.89. The quantitative estimate of drug-likeness (QED) is 0.326. The van der Waals surface area contributed by atoms with Gasteiger partial charge < -0.3 is 16.2 Å². The second-order valence-electron chi connectivity index (χ2n) is 5.82. The van der Waals surface area contributed by atoms with E-state index in [1.54, 1.807) is 0 Å². The van der Waals surface area contributed by atoms with Crippen LogP contribution in [0.25, 0.3) is 0 Å². The number of β-lactam (4-membered cyclic amide) rings is 1. The summed E-state index contributed by atoms with van der Waals surface area (Å²) in [7, 11) is 0. The van der Waals surface area contributed by atoms with Crippen molar-refractivity contribution in [1.29, 1.82) is 0 Å². The molecule has 0 bridgehead atoms. The molecule has 3 rings (SSSR count). The van der Waals surface area contributed by atoms with E-state index in [0.29, 0.717) is 18.5 Å².